The maximum Gasteiger partial charge on any atom is 0.227 e. The average molecular weight is 234 g/mol. The molecule has 1 fully saturated rings. The van der Waals surface area contributed by atoms with E-state index in [1.54, 1.807) is 0 Å². The van der Waals surface area contributed by atoms with Crippen molar-refractivity contribution in [3.8, 4) is 0 Å². The van der Waals surface area contributed by atoms with Gasteiger partial charge >= 0.3 is 0 Å². The summed E-state index contributed by atoms with van der Waals surface area (Å²) in [6, 6.07) is 2.06. The molecule has 1 aliphatic rings. The monoisotopic (exact) mass is 234 g/mol. The van der Waals surface area contributed by atoms with Gasteiger partial charge in [0.15, 0.2) is 0 Å². The molecule has 0 spiro atoms. The lowest BCUT2D eigenvalue weighted by atomic mass is 10.1. The Kier molecular flexibility index (Phi) is 3.82. The van der Waals surface area contributed by atoms with Crippen LogP contribution in [0.15, 0.2) is 6.07 Å². The van der Waals surface area contributed by atoms with Crippen molar-refractivity contribution in [3.63, 3.8) is 0 Å². The van der Waals surface area contributed by atoms with Crippen molar-refractivity contribution in [2.75, 3.05) is 29.9 Å². The minimum atomic E-state index is 0.441. The molecule has 17 heavy (non-hydrogen) atoms. The van der Waals surface area contributed by atoms with Crippen LogP contribution in [0.1, 0.15) is 45.2 Å². The van der Waals surface area contributed by atoms with Crippen LogP contribution < -0.4 is 10.2 Å². The number of anilines is 2. The van der Waals surface area contributed by atoms with E-state index in [4.69, 9.17) is 0 Å². The van der Waals surface area contributed by atoms with E-state index in [0.29, 0.717) is 5.92 Å². The summed E-state index contributed by atoms with van der Waals surface area (Å²) in [6.07, 6.45) is 2.51. The fraction of sp³-hybridized carbons (Fsp3) is 0.692. The Hall–Kier alpha value is -1.32. The first-order valence-electron chi connectivity index (χ1n) is 6.58. The van der Waals surface area contributed by atoms with Crippen molar-refractivity contribution >= 4 is 11.8 Å². The Morgan fingerprint density at radius 2 is 2.00 bits per heavy atom. The topological polar surface area (TPSA) is 41.1 Å². The van der Waals surface area contributed by atoms with Crippen molar-refractivity contribution in [1.82, 2.24) is 9.97 Å². The molecule has 0 saturated carbocycles. The molecule has 94 valence electrons. The zero-order chi connectivity index (χ0) is 12.3. The van der Waals surface area contributed by atoms with Crippen LogP contribution in [0.3, 0.4) is 0 Å². The van der Waals surface area contributed by atoms with E-state index in [1.807, 2.05) is 0 Å². The summed E-state index contributed by atoms with van der Waals surface area (Å²) >= 11 is 0. The van der Waals surface area contributed by atoms with Gasteiger partial charge in [0.2, 0.25) is 5.95 Å². The highest BCUT2D eigenvalue weighted by Crippen LogP contribution is 2.22. The van der Waals surface area contributed by atoms with Crippen LogP contribution in [0.4, 0.5) is 11.8 Å². The van der Waals surface area contributed by atoms with E-state index in [1.165, 1.54) is 12.8 Å². The second-order valence-corrected chi connectivity index (χ2v) is 4.86. The lowest BCUT2D eigenvalue weighted by Gasteiger charge is -2.18. The fourth-order valence-corrected chi connectivity index (χ4v) is 2.08. The summed E-state index contributed by atoms with van der Waals surface area (Å²) in [6.45, 7) is 9.51. The van der Waals surface area contributed by atoms with Gasteiger partial charge in [-0.2, -0.15) is 4.98 Å². The molecule has 1 N–H and O–H groups in total. The van der Waals surface area contributed by atoms with Crippen LogP contribution >= 0.6 is 0 Å². The molecule has 2 heterocycles. The molecule has 0 unspecified atom stereocenters. The largest absolute Gasteiger partial charge is 0.370 e. The van der Waals surface area contributed by atoms with Crippen molar-refractivity contribution in [1.29, 1.82) is 0 Å². The molecule has 0 amide bonds. The van der Waals surface area contributed by atoms with Crippen LogP contribution in [0.25, 0.3) is 0 Å². The molecule has 0 atom stereocenters. The quantitative estimate of drug-likeness (QED) is 0.869. The number of nitrogens with one attached hydrogen (secondary N) is 1. The Morgan fingerprint density at radius 3 is 2.59 bits per heavy atom. The highest BCUT2D eigenvalue weighted by atomic mass is 15.3. The Morgan fingerprint density at radius 1 is 1.29 bits per heavy atom. The SMILES string of the molecule is CCNc1cc(C(C)C)nc(N2CCCC2)n1. The first-order valence-corrected chi connectivity index (χ1v) is 6.58. The summed E-state index contributed by atoms with van der Waals surface area (Å²) < 4.78 is 0. The molecule has 0 aliphatic carbocycles. The molecule has 0 bridgehead atoms. The molecular formula is C13H22N4. The summed E-state index contributed by atoms with van der Waals surface area (Å²) in [7, 11) is 0. The molecular weight excluding hydrogens is 212 g/mol. The molecule has 1 aromatic heterocycles. The predicted octanol–water partition coefficient (Wildman–Crippen LogP) is 2.63. The third-order valence-corrected chi connectivity index (χ3v) is 3.07. The van der Waals surface area contributed by atoms with E-state index >= 15 is 0 Å². The summed E-state index contributed by atoms with van der Waals surface area (Å²) in [5, 5.41) is 3.29. The maximum absolute atomic E-state index is 4.67. The standard InChI is InChI=1S/C13H22N4/c1-4-14-12-9-11(10(2)3)15-13(16-12)17-7-5-6-8-17/h9-10H,4-8H2,1-3H3,(H,14,15,16). The van der Waals surface area contributed by atoms with Gasteiger partial charge in [-0.3, -0.25) is 0 Å². The van der Waals surface area contributed by atoms with E-state index in [0.717, 1.165) is 37.1 Å². The number of rotatable bonds is 4. The first-order chi connectivity index (χ1) is 8.20. The Balaban J connectivity index is 2.29. The highest BCUT2D eigenvalue weighted by Gasteiger charge is 2.17. The van der Waals surface area contributed by atoms with Gasteiger partial charge in [0.1, 0.15) is 5.82 Å². The Labute approximate surface area is 103 Å². The van der Waals surface area contributed by atoms with Crippen LogP contribution in [-0.4, -0.2) is 29.6 Å². The van der Waals surface area contributed by atoms with Gasteiger partial charge in [-0.05, 0) is 25.7 Å². The summed E-state index contributed by atoms with van der Waals surface area (Å²) in [5.41, 5.74) is 1.12. The number of hydrogen-bond acceptors (Lipinski definition) is 4. The summed E-state index contributed by atoms with van der Waals surface area (Å²) in [4.78, 5) is 11.5. The normalized spacial score (nSPS) is 15.6. The van der Waals surface area contributed by atoms with Gasteiger partial charge in [0, 0.05) is 25.7 Å². The van der Waals surface area contributed by atoms with Gasteiger partial charge < -0.3 is 10.2 Å². The second kappa shape index (κ2) is 5.34. The molecule has 2 rings (SSSR count). The van der Waals surface area contributed by atoms with Gasteiger partial charge in [0.25, 0.3) is 0 Å². The van der Waals surface area contributed by atoms with E-state index in [9.17, 15) is 0 Å². The molecule has 1 saturated heterocycles. The molecule has 0 radical (unpaired) electrons. The Bertz CT molecular complexity index is 370. The fourth-order valence-electron chi connectivity index (χ4n) is 2.08. The van der Waals surface area contributed by atoms with Crippen molar-refractivity contribution in [2.45, 2.75) is 39.5 Å². The summed E-state index contributed by atoms with van der Waals surface area (Å²) in [5.74, 6) is 2.29. The zero-order valence-corrected chi connectivity index (χ0v) is 11.0. The lowest BCUT2D eigenvalue weighted by Crippen LogP contribution is -2.21. The van der Waals surface area contributed by atoms with Crippen LogP contribution in [0.5, 0.6) is 0 Å². The van der Waals surface area contributed by atoms with Gasteiger partial charge in [-0.15, -0.1) is 0 Å². The number of aromatic nitrogens is 2. The number of nitrogens with zero attached hydrogens (tertiary/aromatic N) is 3. The molecule has 1 aromatic rings. The van der Waals surface area contributed by atoms with Gasteiger partial charge in [-0.25, -0.2) is 4.98 Å². The van der Waals surface area contributed by atoms with Crippen LogP contribution in [0, 0.1) is 0 Å². The number of hydrogen-bond donors (Lipinski definition) is 1. The third kappa shape index (κ3) is 2.87. The van der Waals surface area contributed by atoms with Crippen molar-refractivity contribution < 1.29 is 0 Å². The third-order valence-electron chi connectivity index (χ3n) is 3.07. The minimum Gasteiger partial charge on any atom is -0.370 e. The molecule has 1 aliphatic heterocycles. The maximum atomic E-state index is 4.67. The average Bonchev–Trinajstić information content (AvgIpc) is 2.82. The first kappa shape index (κ1) is 12.1. The van der Waals surface area contributed by atoms with Crippen molar-refractivity contribution in [2.24, 2.45) is 0 Å². The zero-order valence-electron chi connectivity index (χ0n) is 11.0. The smallest absolute Gasteiger partial charge is 0.227 e. The minimum absolute atomic E-state index is 0.441. The van der Waals surface area contributed by atoms with E-state index in [2.05, 4.69) is 47.0 Å². The van der Waals surface area contributed by atoms with Crippen LogP contribution in [0.2, 0.25) is 0 Å². The second-order valence-electron chi connectivity index (χ2n) is 4.86. The van der Waals surface area contributed by atoms with Gasteiger partial charge in [0.05, 0.1) is 5.69 Å². The van der Waals surface area contributed by atoms with Crippen molar-refractivity contribution in [3.05, 3.63) is 11.8 Å². The lowest BCUT2D eigenvalue weighted by molar-refractivity contribution is 0.795. The molecule has 4 heteroatoms. The highest BCUT2D eigenvalue weighted by molar-refractivity contribution is 5.44. The molecule has 0 aromatic carbocycles. The van der Waals surface area contributed by atoms with Crippen LogP contribution in [-0.2, 0) is 0 Å². The van der Waals surface area contributed by atoms with Gasteiger partial charge in [-0.1, -0.05) is 13.8 Å². The van der Waals surface area contributed by atoms with E-state index < -0.39 is 0 Å². The van der Waals surface area contributed by atoms with E-state index in [-0.39, 0.29) is 0 Å². The molecule has 4 nitrogen and oxygen atoms in total. The predicted molar refractivity (Wildman–Crippen MR) is 71.7 cm³/mol.